The third-order valence-electron chi connectivity index (χ3n) is 3.25. The maximum atomic E-state index is 11.8. The van der Waals surface area contributed by atoms with Crippen molar-refractivity contribution in [1.82, 2.24) is 15.5 Å². The van der Waals surface area contributed by atoms with Gasteiger partial charge in [0.1, 0.15) is 0 Å². The SMILES string of the molecule is CCC[C@H](C)NC(=O)CCc1nc(-c2cccc(Cl)c2)no1. The average molecular weight is 322 g/mol. The van der Waals surface area contributed by atoms with Gasteiger partial charge in [-0.1, -0.05) is 42.2 Å². The maximum absolute atomic E-state index is 11.8. The molecule has 1 heterocycles. The van der Waals surface area contributed by atoms with Crippen LogP contribution in [-0.2, 0) is 11.2 Å². The third-order valence-corrected chi connectivity index (χ3v) is 3.48. The lowest BCUT2D eigenvalue weighted by molar-refractivity contribution is -0.121. The van der Waals surface area contributed by atoms with Crippen molar-refractivity contribution in [2.45, 2.75) is 45.6 Å². The zero-order valence-electron chi connectivity index (χ0n) is 12.8. The van der Waals surface area contributed by atoms with Gasteiger partial charge in [0, 0.05) is 29.5 Å². The van der Waals surface area contributed by atoms with Crippen molar-refractivity contribution in [2.75, 3.05) is 0 Å². The molecule has 118 valence electrons. The number of amides is 1. The summed E-state index contributed by atoms with van der Waals surface area (Å²) in [5.41, 5.74) is 0.795. The molecule has 2 rings (SSSR count). The molecule has 1 amide bonds. The Morgan fingerprint density at radius 2 is 2.27 bits per heavy atom. The molecule has 0 fully saturated rings. The molecule has 0 bridgehead atoms. The summed E-state index contributed by atoms with van der Waals surface area (Å²) >= 11 is 5.94. The van der Waals surface area contributed by atoms with Gasteiger partial charge in [0.25, 0.3) is 0 Å². The van der Waals surface area contributed by atoms with Crippen molar-refractivity contribution in [1.29, 1.82) is 0 Å². The predicted octanol–water partition coefficient (Wildman–Crippen LogP) is 3.63. The summed E-state index contributed by atoms with van der Waals surface area (Å²) in [5.74, 6) is 0.939. The van der Waals surface area contributed by atoms with Crippen LogP contribution in [-0.4, -0.2) is 22.1 Å². The minimum absolute atomic E-state index is 0.00320. The van der Waals surface area contributed by atoms with Crippen LogP contribution in [0.15, 0.2) is 28.8 Å². The molecule has 0 saturated carbocycles. The zero-order valence-corrected chi connectivity index (χ0v) is 13.6. The van der Waals surface area contributed by atoms with E-state index in [0.29, 0.717) is 29.6 Å². The summed E-state index contributed by atoms with van der Waals surface area (Å²) in [6, 6.07) is 7.45. The van der Waals surface area contributed by atoms with E-state index in [1.54, 1.807) is 12.1 Å². The molecule has 0 aliphatic heterocycles. The lowest BCUT2D eigenvalue weighted by Crippen LogP contribution is -2.32. The highest BCUT2D eigenvalue weighted by molar-refractivity contribution is 6.30. The molecule has 5 nitrogen and oxygen atoms in total. The smallest absolute Gasteiger partial charge is 0.227 e. The first-order valence-corrected chi connectivity index (χ1v) is 7.84. The minimum Gasteiger partial charge on any atom is -0.354 e. The van der Waals surface area contributed by atoms with Crippen LogP contribution < -0.4 is 5.32 Å². The predicted molar refractivity (Wildman–Crippen MR) is 85.6 cm³/mol. The first-order valence-electron chi connectivity index (χ1n) is 7.46. The van der Waals surface area contributed by atoms with Crippen molar-refractivity contribution in [3.05, 3.63) is 35.2 Å². The van der Waals surface area contributed by atoms with Gasteiger partial charge in [-0.05, 0) is 25.5 Å². The third kappa shape index (κ3) is 4.84. The fourth-order valence-corrected chi connectivity index (χ4v) is 2.36. The fraction of sp³-hybridized carbons (Fsp3) is 0.438. The standard InChI is InChI=1S/C16H20ClN3O2/c1-3-5-11(2)18-14(21)8-9-15-19-16(20-22-15)12-6-4-7-13(17)10-12/h4,6-7,10-11H,3,5,8-9H2,1-2H3,(H,18,21)/t11-/m0/s1. The highest BCUT2D eigenvalue weighted by Gasteiger charge is 2.12. The summed E-state index contributed by atoms with van der Waals surface area (Å²) in [7, 11) is 0. The van der Waals surface area contributed by atoms with Gasteiger partial charge >= 0.3 is 0 Å². The topological polar surface area (TPSA) is 68.0 Å². The van der Waals surface area contributed by atoms with Gasteiger partial charge in [0.15, 0.2) is 0 Å². The van der Waals surface area contributed by atoms with Crippen LogP contribution in [0.4, 0.5) is 0 Å². The van der Waals surface area contributed by atoms with E-state index in [4.69, 9.17) is 16.1 Å². The molecule has 22 heavy (non-hydrogen) atoms. The summed E-state index contributed by atoms with van der Waals surface area (Å²) in [6.07, 6.45) is 2.79. The Morgan fingerprint density at radius 1 is 1.45 bits per heavy atom. The second-order valence-corrected chi connectivity index (χ2v) is 5.72. The average Bonchev–Trinajstić information content (AvgIpc) is 2.94. The Labute approximate surface area is 135 Å². The van der Waals surface area contributed by atoms with Crippen LogP contribution in [0.25, 0.3) is 11.4 Å². The van der Waals surface area contributed by atoms with Crippen LogP contribution in [0, 0.1) is 0 Å². The molecule has 0 saturated heterocycles. The summed E-state index contributed by atoms with van der Waals surface area (Å²) in [5, 5.41) is 7.49. The van der Waals surface area contributed by atoms with Gasteiger partial charge in [-0.25, -0.2) is 0 Å². The van der Waals surface area contributed by atoms with Gasteiger partial charge in [-0.3, -0.25) is 4.79 Å². The molecule has 0 aliphatic carbocycles. The Hall–Kier alpha value is -1.88. The lowest BCUT2D eigenvalue weighted by Gasteiger charge is -2.11. The van der Waals surface area contributed by atoms with Gasteiger partial charge < -0.3 is 9.84 Å². The number of hydrogen-bond donors (Lipinski definition) is 1. The van der Waals surface area contributed by atoms with E-state index < -0.39 is 0 Å². The van der Waals surface area contributed by atoms with Crippen molar-refractivity contribution in [3.8, 4) is 11.4 Å². The fourth-order valence-electron chi connectivity index (χ4n) is 2.17. The number of nitrogens with one attached hydrogen (secondary N) is 1. The van der Waals surface area contributed by atoms with E-state index in [0.717, 1.165) is 18.4 Å². The maximum Gasteiger partial charge on any atom is 0.227 e. The van der Waals surface area contributed by atoms with Gasteiger partial charge in [0.2, 0.25) is 17.6 Å². The highest BCUT2D eigenvalue weighted by Crippen LogP contribution is 2.20. The van der Waals surface area contributed by atoms with E-state index >= 15 is 0 Å². The van der Waals surface area contributed by atoms with Crippen molar-refractivity contribution in [3.63, 3.8) is 0 Å². The molecular formula is C16H20ClN3O2. The highest BCUT2D eigenvalue weighted by atomic mass is 35.5. The van der Waals surface area contributed by atoms with Crippen LogP contribution in [0.1, 0.15) is 39.0 Å². The van der Waals surface area contributed by atoms with E-state index in [2.05, 4.69) is 22.4 Å². The molecular weight excluding hydrogens is 302 g/mol. The number of carbonyl (C=O) groups excluding carboxylic acids is 1. The van der Waals surface area contributed by atoms with Crippen LogP contribution in [0.5, 0.6) is 0 Å². The van der Waals surface area contributed by atoms with Crippen LogP contribution in [0.2, 0.25) is 5.02 Å². The molecule has 1 N–H and O–H groups in total. The zero-order chi connectivity index (χ0) is 15.9. The molecule has 1 atom stereocenters. The molecule has 0 aliphatic rings. The summed E-state index contributed by atoms with van der Waals surface area (Å²) in [6.45, 7) is 4.10. The number of aromatic nitrogens is 2. The lowest BCUT2D eigenvalue weighted by atomic mass is 10.2. The first kappa shape index (κ1) is 16.5. The van der Waals surface area contributed by atoms with Crippen LogP contribution >= 0.6 is 11.6 Å². The molecule has 1 aromatic carbocycles. The number of carbonyl (C=O) groups is 1. The largest absolute Gasteiger partial charge is 0.354 e. The Kier molecular flexibility index (Phi) is 5.95. The number of rotatable bonds is 7. The molecule has 0 spiro atoms. The second kappa shape index (κ2) is 7.94. The van der Waals surface area contributed by atoms with Crippen molar-refractivity contribution >= 4 is 17.5 Å². The Bertz CT molecular complexity index is 627. The van der Waals surface area contributed by atoms with Crippen molar-refractivity contribution in [2.24, 2.45) is 0 Å². The van der Waals surface area contributed by atoms with Crippen LogP contribution in [0.3, 0.4) is 0 Å². The van der Waals surface area contributed by atoms with E-state index in [1.807, 2.05) is 19.1 Å². The first-order chi connectivity index (χ1) is 10.6. The second-order valence-electron chi connectivity index (χ2n) is 5.28. The molecule has 0 unspecified atom stereocenters. The Morgan fingerprint density at radius 3 is 3.00 bits per heavy atom. The van der Waals surface area contributed by atoms with Gasteiger partial charge in [-0.15, -0.1) is 0 Å². The van der Waals surface area contributed by atoms with Gasteiger partial charge in [-0.2, -0.15) is 4.98 Å². The molecule has 1 aromatic heterocycles. The minimum atomic E-state index is 0.00320. The summed E-state index contributed by atoms with van der Waals surface area (Å²) in [4.78, 5) is 16.1. The quantitative estimate of drug-likeness (QED) is 0.845. The number of hydrogen-bond acceptors (Lipinski definition) is 4. The monoisotopic (exact) mass is 321 g/mol. The summed E-state index contributed by atoms with van der Waals surface area (Å²) < 4.78 is 5.18. The number of halogens is 1. The van der Waals surface area contributed by atoms with Gasteiger partial charge in [0.05, 0.1) is 0 Å². The van der Waals surface area contributed by atoms with E-state index in [9.17, 15) is 4.79 Å². The number of nitrogens with zero attached hydrogens (tertiary/aromatic N) is 2. The number of benzene rings is 1. The van der Waals surface area contributed by atoms with E-state index in [1.165, 1.54) is 0 Å². The Balaban J connectivity index is 1.88. The normalized spacial score (nSPS) is 12.1. The molecule has 2 aromatic rings. The molecule has 6 heteroatoms. The number of aryl methyl sites for hydroxylation is 1. The van der Waals surface area contributed by atoms with Crippen molar-refractivity contribution < 1.29 is 9.32 Å². The molecule has 0 radical (unpaired) electrons. The van der Waals surface area contributed by atoms with E-state index in [-0.39, 0.29) is 11.9 Å².